The van der Waals surface area contributed by atoms with Crippen molar-refractivity contribution in [3.8, 4) is 0 Å². The van der Waals surface area contributed by atoms with Gasteiger partial charge in [-0.3, -0.25) is 0 Å². The van der Waals surface area contributed by atoms with Crippen molar-refractivity contribution in [2.24, 2.45) is 0 Å². The fourth-order valence-electron chi connectivity index (χ4n) is 2.43. The summed E-state index contributed by atoms with van der Waals surface area (Å²) in [4.78, 5) is 25.1. The smallest absolute Gasteiger partial charge is 0.416 e. The zero-order valence-electron chi connectivity index (χ0n) is 14.7. The Morgan fingerprint density at radius 1 is 1.35 bits per heavy atom. The predicted octanol–water partition coefficient (Wildman–Crippen LogP) is 3.72. The maximum Gasteiger partial charge on any atom is 0.416 e. The molecule has 1 unspecified atom stereocenters. The number of amides is 2. The van der Waals surface area contributed by atoms with E-state index in [0.29, 0.717) is 6.54 Å². The second-order valence-electron chi connectivity index (χ2n) is 6.88. The highest BCUT2D eigenvalue weighted by molar-refractivity contribution is 5.70. The van der Waals surface area contributed by atoms with E-state index in [2.05, 4.69) is 5.32 Å². The van der Waals surface area contributed by atoms with Crippen molar-refractivity contribution in [1.29, 1.82) is 0 Å². The summed E-state index contributed by atoms with van der Waals surface area (Å²) in [5.74, 6) is 0. The Morgan fingerprint density at radius 3 is 2.58 bits per heavy atom. The van der Waals surface area contributed by atoms with Crippen LogP contribution in [0.2, 0.25) is 0 Å². The van der Waals surface area contributed by atoms with E-state index in [9.17, 15) is 22.8 Å². The van der Waals surface area contributed by atoms with Gasteiger partial charge < -0.3 is 19.7 Å². The average molecular weight is 374 g/mol. The van der Waals surface area contributed by atoms with E-state index in [-0.39, 0.29) is 18.7 Å². The van der Waals surface area contributed by atoms with Gasteiger partial charge in [-0.2, -0.15) is 13.2 Å². The van der Waals surface area contributed by atoms with Crippen LogP contribution in [0.25, 0.3) is 0 Å². The second kappa shape index (κ2) is 7.43. The number of nitrogens with zero attached hydrogens (tertiary/aromatic N) is 1. The summed E-state index contributed by atoms with van der Waals surface area (Å²) in [7, 11) is 0. The standard InChI is InChI=1S/C17H21F3N2O4/c1-16(2,3)26-14(23)21-13(10-22-7-8-25-15(22)24)11-5-4-6-12(9-11)17(18,19)20/h4-6,9,13H,7-8,10H2,1-3H3,(H,21,23). The summed E-state index contributed by atoms with van der Waals surface area (Å²) in [5.41, 5.74) is -1.39. The lowest BCUT2D eigenvalue weighted by atomic mass is 10.0. The highest BCUT2D eigenvalue weighted by Gasteiger charge is 2.33. The number of hydrogen-bond acceptors (Lipinski definition) is 4. The van der Waals surface area contributed by atoms with Crippen LogP contribution in [0.3, 0.4) is 0 Å². The lowest BCUT2D eigenvalue weighted by Gasteiger charge is -2.26. The van der Waals surface area contributed by atoms with Crippen LogP contribution in [0, 0.1) is 0 Å². The van der Waals surface area contributed by atoms with E-state index >= 15 is 0 Å². The molecule has 1 aliphatic heterocycles. The van der Waals surface area contributed by atoms with Crippen molar-refractivity contribution in [3.63, 3.8) is 0 Å². The summed E-state index contributed by atoms with van der Waals surface area (Å²) < 4.78 is 49.0. The largest absolute Gasteiger partial charge is 0.448 e. The molecule has 1 atom stereocenters. The van der Waals surface area contributed by atoms with Crippen LogP contribution in [0.15, 0.2) is 24.3 Å². The number of alkyl halides is 3. The van der Waals surface area contributed by atoms with E-state index in [0.717, 1.165) is 12.1 Å². The molecule has 2 amide bonds. The number of nitrogens with one attached hydrogen (secondary N) is 1. The van der Waals surface area contributed by atoms with Crippen LogP contribution in [-0.2, 0) is 15.7 Å². The number of benzene rings is 1. The summed E-state index contributed by atoms with van der Waals surface area (Å²) in [6.45, 7) is 5.47. The Morgan fingerprint density at radius 2 is 2.04 bits per heavy atom. The van der Waals surface area contributed by atoms with E-state index in [1.807, 2.05) is 0 Å². The predicted molar refractivity (Wildman–Crippen MR) is 86.5 cm³/mol. The van der Waals surface area contributed by atoms with Gasteiger partial charge in [-0.15, -0.1) is 0 Å². The van der Waals surface area contributed by atoms with Crippen LogP contribution in [-0.4, -0.2) is 42.4 Å². The molecule has 1 aromatic carbocycles. The van der Waals surface area contributed by atoms with Gasteiger partial charge in [0.1, 0.15) is 12.2 Å². The number of halogens is 3. The third-order valence-electron chi connectivity index (χ3n) is 3.56. The van der Waals surface area contributed by atoms with Gasteiger partial charge in [-0.1, -0.05) is 12.1 Å². The minimum absolute atomic E-state index is 0.0284. The monoisotopic (exact) mass is 374 g/mol. The van der Waals surface area contributed by atoms with Crippen LogP contribution in [0.1, 0.15) is 37.9 Å². The molecule has 1 fully saturated rings. The molecule has 0 radical (unpaired) electrons. The molecule has 2 rings (SSSR count). The van der Waals surface area contributed by atoms with Crippen LogP contribution in [0.4, 0.5) is 22.8 Å². The van der Waals surface area contributed by atoms with Crippen LogP contribution < -0.4 is 5.32 Å². The molecule has 9 heteroatoms. The molecule has 0 aromatic heterocycles. The Labute approximate surface area is 149 Å². The normalized spacial score (nSPS) is 16.2. The number of alkyl carbamates (subject to hydrolysis) is 1. The Hall–Kier alpha value is -2.45. The Bertz CT molecular complexity index is 671. The molecule has 1 saturated heterocycles. The number of cyclic esters (lactones) is 1. The first-order valence-electron chi connectivity index (χ1n) is 8.04. The lowest BCUT2D eigenvalue weighted by molar-refractivity contribution is -0.137. The van der Waals surface area contributed by atoms with Gasteiger partial charge in [0.2, 0.25) is 0 Å². The minimum Gasteiger partial charge on any atom is -0.448 e. The molecule has 0 spiro atoms. The molecule has 1 heterocycles. The van der Waals surface area contributed by atoms with Crippen molar-refractivity contribution in [2.75, 3.05) is 19.7 Å². The molecule has 1 aliphatic rings. The molecule has 144 valence electrons. The van der Waals surface area contributed by atoms with Crippen molar-refractivity contribution >= 4 is 12.2 Å². The number of rotatable bonds is 4. The maximum atomic E-state index is 13.0. The lowest BCUT2D eigenvalue weighted by Crippen LogP contribution is -2.41. The SMILES string of the molecule is CC(C)(C)OC(=O)NC(CN1CCOC1=O)c1cccc(C(F)(F)F)c1. The number of hydrogen-bond donors (Lipinski definition) is 1. The second-order valence-corrected chi connectivity index (χ2v) is 6.88. The minimum atomic E-state index is -4.51. The maximum absolute atomic E-state index is 13.0. The third kappa shape index (κ3) is 5.53. The highest BCUT2D eigenvalue weighted by atomic mass is 19.4. The molecule has 1 N–H and O–H groups in total. The number of carbonyl (C=O) groups excluding carboxylic acids is 2. The highest BCUT2D eigenvalue weighted by Crippen LogP contribution is 2.31. The first-order valence-corrected chi connectivity index (χ1v) is 8.04. The van der Waals surface area contributed by atoms with Crippen LogP contribution >= 0.6 is 0 Å². The average Bonchev–Trinajstić information content (AvgIpc) is 2.89. The van der Waals surface area contributed by atoms with E-state index in [4.69, 9.17) is 9.47 Å². The van der Waals surface area contributed by atoms with E-state index in [1.54, 1.807) is 20.8 Å². The van der Waals surface area contributed by atoms with Gasteiger partial charge in [-0.05, 0) is 38.5 Å². The topological polar surface area (TPSA) is 67.9 Å². The Balaban J connectivity index is 2.25. The quantitative estimate of drug-likeness (QED) is 0.872. The number of carbonyl (C=O) groups is 2. The zero-order chi connectivity index (χ0) is 19.5. The van der Waals surface area contributed by atoms with Gasteiger partial charge in [0, 0.05) is 6.54 Å². The molecule has 6 nitrogen and oxygen atoms in total. The van der Waals surface area contributed by atoms with Gasteiger partial charge in [-0.25, -0.2) is 9.59 Å². The zero-order valence-corrected chi connectivity index (χ0v) is 14.7. The van der Waals surface area contributed by atoms with Crippen molar-refractivity contribution in [2.45, 2.75) is 38.6 Å². The molecule has 26 heavy (non-hydrogen) atoms. The summed E-state index contributed by atoms with van der Waals surface area (Å²) in [6, 6.07) is 3.72. The third-order valence-corrected chi connectivity index (χ3v) is 3.56. The fourth-order valence-corrected chi connectivity index (χ4v) is 2.43. The molecular weight excluding hydrogens is 353 g/mol. The first-order chi connectivity index (χ1) is 12.0. The van der Waals surface area contributed by atoms with E-state index < -0.39 is 35.6 Å². The fraction of sp³-hybridized carbons (Fsp3) is 0.529. The van der Waals surface area contributed by atoms with Gasteiger partial charge in [0.15, 0.2) is 0 Å². The van der Waals surface area contributed by atoms with Gasteiger partial charge in [0.05, 0.1) is 18.2 Å². The molecule has 0 saturated carbocycles. The van der Waals surface area contributed by atoms with Crippen molar-refractivity contribution in [3.05, 3.63) is 35.4 Å². The summed E-state index contributed by atoms with van der Waals surface area (Å²) in [5, 5.41) is 2.54. The van der Waals surface area contributed by atoms with Gasteiger partial charge in [0.25, 0.3) is 0 Å². The molecule has 1 aromatic rings. The molecule has 0 bridgehead atoms. The van der Waals surface area contributed by atoms with Gasteiger partial charge >= 0.3 is 18.4 Å². The van der Waals surface area contributed by atoms with Crippen molar-refractivity contribution < 1.29 is 32.2 Å². The molecular formula is C17H21F3N2O4. The number of ether oxygens (including phenoxy) is 2. The van der Waals surface area contributed by atoms with E-state index in [1.165, 1.54) is 17.0 Å². The summed E-state index contributed by atoms with van der Waals surface area (Å²) >= 11 is 0. The van der Waals surface area contributed by atoms with Crippen molar-refractivity contribution in [1.82, 2.24) is 10.2 Å². The van der Waals surface area contributed by atoms with Crippen LogP contribution in [0.5, 0.6) is 0 Å². The first kappa shape index (κ1) is 19.9. The Kier molecular flexibility index (Phi) is 5.68. The summed E-state index contributed by atoms with van der Waals surface area (Å²) in [6.07, 6.45) is -5.88. The molecule has 0 aliphatic carbocycles.